The van der Waals surface area contributed by atoms with Crippen molar-refractivity contribution in [1.82, 2.24) is 0 Å². The topological polar surface area (TPSA) is 63.6 Å². The molecule has 0 saturated carbocycles. The normalized spacial score (nSPS) is 12.8. The highest BCUT2D eigenvalue weighted by Gasteiger charge is 2.17. The number of rotatable bonds is 17. The molecule has 1 aromatic rings. The second-order valence-corrected chi connectivity index (χ2v) is 10.1. The number of benzene rings is 1. The van der Waals surface area contributed by atoms with Crippen LogP contribution in [0, 0.1) is 0 Å². The summed E-state index contributed by atoms with van der Waals surface area (Å²) in [7, 11) is -3.99. The molecule has 0 radical (unpaired) electrons. The summed E-state index contributed by atoms with van der Waals surface area (Å²) in [6, 6.07) is 6.46. The van der Waals surface area contributed by atoms with Crippen molar-refractivity contribution in [2.24, 2.45) is 0 Å². The molecule has 0 spiro atoms. The average molecular weight is 427 g/mol. The summed E-state index contributed by atoms with van der Waals surface area (Å²) < 4.78 is 37.4. The van der Waals surface area contributed by atoms with Crippen molar-refractivity contribution in [3.8, 4) is 5.75 Å². The van der Waals surface area contributed by atoms with E-state index < -0.39 is 15.4 Å². The molecule has 1 N–H and O–H groups in total. The first-order valence-corrected chi connectivity index (χ1v) is 13.1. The Morgan fingerprint density at radius 3 is 2.07 bits per heavy atom. The second kappa shape index (κ2) is 14.8. The monoisotopic (exact) mass is 426 g/mol. The van der Waals surface area contributed by atoms with Gasteiger partial charge in [0.2, 0.25) is 0 Å². The molecule has 1 rings (SSSR count). The molecule has 4 nitrogen and oxygen atoms in total. The van der Waals surface area contributed by atoms with Gasteiger partial charge >= 0.3 is 0 Å². The lowest BCUT2D eigenvalue weighted by Gasteiger charge is -2.15. The molecule has 1 unspecified atom stereocenters. The van der Waals surface area contributed by atoms with Crippen LogP contribution in [0.1, 0.15) is 103 Å². The van der Waals surface area contributed by atoms with E-state index in [-0.39, 0.29) is 6.42 Å². The van der Waals surface area contributed by atoms with Gasteiger partial charge in [0.15, 0.2) is 0 Å². The zero-order valence-corrected chi connectivity index (χ0v) is 19.6. The van der Waals surface area contributed by atoms with Crippen molar-refractivity contribution in [3.05, 3.63) is 29.3 Å². The first-order chi connectivity index (χ1) is 13.9. The number of aryl methyl sites for hydroxylation is 2. The van der Waals surface area contributed by atoms with E-state index in [1.165, 1.54) is 75.8 Å². The Balaban J connectivity index is 2.65. The highest BCUT2D eigenvalue weighted by atomic mass is 32.2. The van der Waals surface area contributed by atoms with E-state index in [2.05, 4.69) is 26.0 Å². The van der Waals surface area contributed by atoms with E-state index in [1.807, 2.05) is 6.07 Å². The summed E-state index contributed by atoms with van der Waals surface area (Å²) in [5.74, 6) is 0.859. The minimum atomic E-state index is -3.99. The smallest absolute Gasteiger partial charge is 0.267 e. The Labute approximate surface area is 179 Å². The summed E-state index contributed by atoms with van der Waals surface area (Å²) in [6.07, 6.45) is 15.0. The van der Waals surface area contributed by atoms with E-state index in [0.717, 1.165) is 25.0 Å². The third-order valence-corrected chi connectivity index (χ3v) is 6.79. The largest absolute Gasteiger partial charge is 0.493 e. The van der Waals surface area contributed by atoms with Gasteiger partial charge in [-0.1, -0.05) is 77.3 Å². The number of hydrogen-bond donors (Lipinski definition) is 1. The SMILES string of the molecule is CCCCCCCc1ccc(OCCC(C)S(=O)(=O)O)c(CCCCCCC)c1. The zero-order valence-electron chi connectivity index (χ0n) is 18.8. The molecular weight excluding hydrogens is 384 g/mol. The van der Waals surface area contributed by atoms with Crippen LogP contribution in [0.25, 0.3) is 0 Å². The summed E-state index contributed by atoms with van der Waals surface area (Å²) in [6.45, 7) is 6.26. The lowest BCUT2D eigenvalue weighted by molar-refractivity contribution is 0.303. The Kier molecular flexibility index (Phi) is 13.3. The van der Waals surface area contributed by atoms with Crippen LogP contribution in [0.15, 0.2) is 18.2 Å². The maximum absolute atomic E-state index is 11.2. The van der Waals surface area contributed by atoms with Gasteiger partial charge in [-0.25, -0.2) is 0 Å². The average Bonchev–Trinajstić information content (AvgIpc) is 2.68. The first kappa shape index (κ1) is 26.0. The predicted octanol–water partition coefficient (Wildman–Crippen LogP) is 6.76. The standard InChI is InChI=1S/C24H42O4S/c1-4-6-8-10-12-14-22-16-17-24(28-19-18-21(3)29(25,26)27)23(20-22)15-13-11-9-7-5-2/h16-17,20-21H,4-15,18-19H2,1-3H3,(H,25,26,27). The van der Waals surface area contributed by atoms with Crippen molar-refractivity contribution >= 4 is 10.1 Å². The van der Waals surface area contributed by atoms with Crippen LogP contribution in [0.5, 0.6) is 5.75 Å². The summed E-state index contributed by atoms with van der Waals surface area (Å²) in [4.78, 5) is 0. The fourth-order valence-electron chi connectivity index (χ4n) is 3.46. The molecule has 5 heteroatoms. The summed E-state index contributed by atoms with van der Waals surface area (Å²) in [5.41, 5.74) is 2.59. The molecule has 0 saturated heterocycles. The molecule has 29 heavy (non-hydrogen) atoms. The molecule has 0 aliphatic heterocycles. The van der Waals surface area contributed by atoms with E-state index >= 15 is 0 Å². The first-order valence-electron chi connectivity index (χ1n) is 11.6. The maximum Gasteiger partial charge on any atom is 0.267 e. The molecule has 0 bridgehead atoms. The van der Waals surface area contributed by atoms with Crippen LogP contribution in [0.3, 0.4) is 0 Å². The maximum atomic E-state index is 11.2. The Bertz CT molecular complexity index is 655. The van der Waals surface area contributed by atoms with Crippen LogP contribution in [0.2, 0.25) is 0 Å². The lowest BCUT2D eigenvalue weighted by atomic mass is 9.99. The number of unbranched alkanes of at least 4 members (excludes halogenated alkanes) is 8. The minimum absolute atomic E-state index is 0.286. The number of ether oxygens (including phenoxy) is 1. The van der Waals surface area contributed by atoms with Crippen LogP contribution in [-0.4, -0.2) is 24.8 Å². The molecular formula is C24H42O4S. The van der Waals surface area contributed by atoms with Gasteiger partial charge in [0.1, 0.15) is 5.75 Å². The van der Waals surface area contributed by atoms with E-state index in [1.54, 1.807) is 0 Å². The zero-order chi connectivity index (χ0) is 21.5. The minimum Gasteiger partial charge on any atom is -0.493 e. The Hall–Kier alpha value is -1.07. The molecule has 168 valence electrons. The molecule has 0 aromatic heterocycles. The van der Waals surface area contributed by atoms with Gasteiger partial charge in [-0.3, -0.25) is 4.55 Å². The summed E-state index contributed by atoms with van der Waals surface area (Å²) in [5, 5.41) is -0.803. The van der Waals surface area contributed by atoms with Crippen molar-refractivity contribution in [2.45, 2.75) is 109 Å². The molecule has 1 aromatic carbocycles. The van der Waals surface area contributed by atoms with Crippen LogP contribution in [-0.2, 0) is 23.0 Å². The van der Waals surface area contributed by atoms with E-state index in [4.69, 9.17) is 9.29 Å². The molecule has 0 heterocycles. The molecule has 0 aliphatic carbocycles. The Morgan fingerprint density at radius 2 is 1.48 bits per heavy atom. The highest BCUT2D eigenvalue weighted by Crippen LogP contribution is 2.24. The highest BCUT2D eigenvalue weighted by molar-refractivity contribution is 7.86. The number of hydrogen-bond acceptors (Lipinski definition) is 3. The predicted molar refractivity (Wildman–Crippen MR) is 122 cm³/mol. The molecule has 0 aliphatic rings. The molecule has 1 atom stereocenters. The fourth-order valence-corrected chi connectivity index (χ4v) is 3.85. The quantitative estimate of drug-likeness (QED) is 0.221. The van der Waals surface area contributed by atoms with Gasteiger partial charge in [0.05, 0.1) is 11.9 Å². The van der Waals surface area contributed by atoms with Crippen LogP contribution >= 0.6 is 0 Å². The van der Waals surface area contributed by atoms with Crippen LogP contribution < -0.4 is 4.74 Å². The van der Waals surface area contributed by atoms with E-state index in [0.29, 0.717) is 6.61 Å². The van der Waals surface area contributed by atoms with Gasteiger partial charge in [-0.15, -0.1) is 0 Å². The molecule has 0 amide bonds. The van der Waals surface area contributed by atoms with Gasteiger partial charge < -0.3 is 4.74 Å². The van der Waals surface area contributed by atoms with Crippen molar-refractivity contribution in [3.63, 3.8) is 0 Å². The second-order valence-electron chi connectivity index (χ2n) is 8.23. The van der Waals surface area contributed by atoms with Crippen LogP contribution in [0.4, 0.5) is 0 Å². The third kappa shape index (κ3) is 11.6. The van der Waals surface area contributed by atoms with Crippen molar-refractivity contribution in [2.75, 3.05) is 6.61 Å². The van der Waals surface area contributed by atoms with Gasteiger partial charge in [-0.05, 0) is 49.8 Å². The van der Waals surface area contributed by atoms with Gasteiger partial charge in [-0.2, -0.15) is 8.42 Å². The van der Waals surface area contributed by atoms with Gasteiger partial charge in [0.25, 0.3) is 10.1 Å². The fraction of sp³-hybridized carbons (Fsp3) is 0.750. The van der Waals surface area contributed by atoms with Crippen molar-refractivity contribution < 1.29 is 17.7 Å². The third-order valence-electron chi connectivity index (χ3n) is 5.53. The summed E-state index contributed by atoms with van der Waals surface area (Å²) >= 11 is 0. The molecule has 0 fully saturated rings. The van der Waals surface area contributed by atoms with Gasteiger partial charge in [0, 0.05) is 6.42 Å². The lowest BCUT2D eigenvalue weighted by Crippen LogP contribution is -2.19. The Morgan fingerprint density at radius 1 is 0.897 bits per heavy atom. The van der Waals surface area contributed by atoms with E-state index in [9.17, 15) is 8.42 Å². The van der Waals surface area contributed by atoms with Crippen molar-refractivity contribution in [1.29, 1.82) is 0 Å².